The number of rotatable bonds is 82. The molecule has 0 aliphatic heterocycles. The fraction of sp³-hybridized carbons (Fsp3) is 0.951. The molecule has 0 aromatic carbocycles. The van der Waals surface area contributed by atoms with Gasteiger partial charge in [0.15, 0.2) is 12.2 Å². The first kappa shape index (κ1) is 99.1. The number of esters is 4. The van der Waals surface area contributed by atoms with Gasteiger partial charge in [0.1, 0.15) is 19.3 Å². The Balaban J connectivity index is 5.22. The van der Waals surface area contributed by atoms with Gasteiger partial charge in [0.2, 0.25) is 0 Å². The molecule has 2 unspecified atom stereocenters. The number of unbranched alkanes of at least 4 members (excludes halogenated alkanes) is 54. The Morgan fingerprint density at radius 3 is 0.673 bits per heavy atom. The second-order valence-electron chi connectivity index (χ2n) is 30.0. The van der Waals surface area contributed by atoms with Crippen molar-refractivity contribution in [2.24, 2.45) is 5.92 Å². The van der Waals surface area contributed by atoms with E-state index in [0.717, 1.165) is 95.8 Å². The summed E-state index contributed by atoms with van der Waals surface area (Å²) in [6, 6.07) is 0. The van der Waals surface area contributed by atoms with Gasteiger partial charge in [-0.15, -0.1) is 0 Å². The van der Waals surface area contributed by atoms with Crippen LogP contribution in [0, 0.1) is 5.92 Å². The number of ether oxygens (including phenoxy) is 4. The molecule has 0 bridgehead atoms. The van der Waals surface area contributed by atoms with E-state index in [2.05, 4.69) is 34.6 Å². The monoisotopic (exact) mass is 1480 g/mol. The quantitative estimate of drug-likeness (QED) is 0.0222. The number of aliphatic hydroxyl groups is 1. The Morgan fingerprint density at radius 2 is 0.455 bits per heavy atom. The highest BCUT2D eigenvalue weighted by atomic mass is 31.2. The average molecular weight is 1480 g/mol. The third kappa shape index (κ3) is 76.1. The van der Waals surface area contributed by atoms with Crippen LogP contribution >= 0.6 is 15.6 Å². The van der Waals surface area contributed by atoms with Crippen LogP contribution in [0.1, 0.15) is 439 Å². The standard InChI is InChI=1S/C82H160O17P2/c1-6-9-12-15-18-21-23-25-27-29-31-33-35-37-42-47-52-57-62-67-81(86)99-78(72-93-80(85)66-61-56-51-46-41-36-34-32-30-28-26-24-22-19-16-13-10-7-2)74-97-101(90,91)95-70-76(83)69-94-100(88,89)96-73-77(71-92-79(84)65-60-55-50-44-20-17-14-11-8-3)98-82(87)68-63-58-53-48-43-39-38-40-45-49-54-59-64-75(4)5/h75-78,83H,6-74H2,1-5H3,(H,88,89)(H,90,91)/t76-,77+,78+/m0/s1. The van der Waals surface area contributed by atoms with E-state index >= 15 is 0 Å². The summed E-state index contributed by atoms with van der Waals surface area (Å²) in [4.78, 5) is 73.0. The minimum Gasteiger partial charge on any atom is -0.462 e. The van der Waals surface area contributed by atoms with Crippen molar-refractivity contribution in [1.82, 2.24) is 0 Å². The van der Waals surface area contributed by atoms with Gasteiger partial charge in [-0.25, -0.2) is 9.13 Å². The maximum absolute atomic E-state index is 13.1. The zero-order valence-corrected chi connectivity index (χ0v) is 67.8. The molecule has 0 aliphatic carbocycles. The lowest BCUT2D eigenvalue weighted by Gasteiger charge is -2.21. The normalized spacial score (nSPS) is 13.8. The van der Waals surface area contributed by atoms with E-state index in [9.17, 15) is 43.2 Å². The van der Waals surface area contributed by atoms with Crippen molar-refractivity contribution in [3.63, 3.8) is 0 Å². The molecule has 0 aromatic heterocycles. The molecule has 0 rings (SSSR count). The van der Waals surface area contributed by atoms with E-state index < -0.39 is 97.5 Å². The van der Waals surface area contributed by atoms with Gasteiger partial charge in [0.05, 0.1) is 26.4 Å². The van der Waals surface area contributed by atoms with E-state index in [1.165, 1.54) is 263 Å². The Kier molecular flexibility index (Phi) is 73.5. The Bertz CT molecular complexity index is 1930. The lowest BCUT2D eigenvalue weighted by molar-refractivity contribution is -0.161. The van der Waals surface area contributed by atoms with Crippen LogP contribution in [0.5, 0.6) is 0 Å². The van der Waals surface area contributed by atoms with Crippen molar-refractivity contribution in [2.75, 3.05) is 39.6 Å². The van der Waals surface area contributed by atoms with Gasteiger partial charge >= 0.3 is 39.5 Å². The minimum absolute atomic E-state index is 0.107. The molecule has 5 atom stereocenters. The van der Waals surface area contributed by atoms with Crippen LogP contribution in [-0.2, 0) is 65.4 Å². The van der Waals surface area contributed by atoms with Crippen LogP contribution in [0.15, 0.2) is 0 Å². The first-order valence-corrected chi connectivity index (χ1v) is 45.6. The molecule has 0 aliphatic rings. The Morgan fingerprint density at radius 1 is 0.267 bits per heavy atom. The van der Waals surface area contributed by atoms with Crippen molar-refractivity contribution in [2.45, 2.75) is 457 Å². The van der Waals surface area contributed by atoms with Crippen molar-refractivity contribution in [1.29, 1.82) is 0 Å². The van der Waals surface area contributed by atoms with Gasteiger partial charge < -0.3 is 33.8 Å². The first-order valence-electron chi connectivity index (χ1n) is 42.6. The number of phosphoric ester groups is 2. The van der Waals surface area contributed by atoms with E-state index in [1.807, 2.05) is 0 Å². The molecule has 600 valence electrons. The van der Waals surface area contributed by atoms with Crippen molar-refractivity contribution in [3.05, 3.63) is 0 Å². The highest BCUT2D eigenvalue weighted by Gasteiger charge is 2.30. The number of carbonyl (C=O) groups excluding carboxylic acids is 4. The van der Waals surface area contributed by atoms with E-state index in [0.29, 0.717) is 25.7 Å². The summed E-state index contributed by atoms with van der Waals surface area (Å²) in [7, 11) is -9.92. The van der Waals surface area contributed by atoms with Crippen molar-refractivity contribution < 1.29 is 80.2 Å². The maximum atomic E-state index is 13.1. The summed E-state index contributed by atoms with van der Waals surface area (Å²) in [6.07, 6.45) is 66.6. The van der Waals surface area contributed by atoms with Crippen LogP contribution in [0.4, 0.5) is 0 Å². The van der Waals surface area contributed by atoms with Crippen LogP contribution in [0.2, 0.25) is 0 Å². The molecule has 0 spiro atoms. The smallest absolute Gasteiger partial charge is 0.462 e. The van der Waals surface area contributed by atoms with Gasteiger partial charge in [-0.05, 0) is 31.6 Å². The molecule has 3 N–H and O–H groups in total. The maximum Gasteiger partial charge on any atom is 0.472 e. The molecule has 0 aromatic rings. The van der Waals surface area contributed by atoms with Crippen LogP contribution in [-0.4, -0.2) is 96.7 Å². The third-order valence-corrected chi connectivity index (χ3v) is 21.2. The first-order chi connectivity index (χ1) is 49.0. The summed E-state index contributed by atoms with van der Waals surface area (Å²) in [5.41, 5.74) is 0. The molecule has 19 heteroatoms. The molecule has 0 saturated carbocycles. The minimum atomic E-state index is -4.96. The third-order valence-electron chi connectivity index (χ3n) is 19.3. The average Bonchev–Trinajstić information content (AvgIpc) is 0.981. The predicted octanol–water partition coefficient (Wildman–Crippen LogP) is 24.8. The van der Waals surface area contributed by atoms with E-state index in [-0.39, 0.29) is 25.7 Å². The molecule has 0 saturated heterocycles. The highest BCUT2D eigenvalue weighted by Crippen LogP contribution is 2.45. The van der Waals surface area contributed by atoms with Gasteiger partial charge in [0.25, 0.3) is 0 Å². The number of hydrogen-bond acceptors (Lipinski definition) is 15. The van der Waals surface area contributed by atoms with E-state index in [1.54, 1.807) is 0 Å². The van der Waals surface area contributed by atoms with Crippen LogP contribution in [0.25, 0.3) is 0 Å². The molecule has 0 fully saturated rings. The second kappa shape index (κ2) is 74.9. The topological polar surface area (TPSA) is 237 Å². The largest absolute Gasteiger partial charge is 0.472 e. The molecule has 17 nitrogen and oxygen atoms in total. The van der Waals surface area contributed by atoms with Gasteiger partial charge in [-0.2, -0.15) is 0 Å². The SMILES string of the molecule is CCCCCCCCCCCCCCCCCCCCCC(=O)O[C@H](COC(=O)CCCCCCCCCCCCCCCCCCCC)COP(=O)(O)OC[C@@H](O)COP(=O)(O)OC[C@@H](COC(=O)CCCCCCCCCCC)OC(=O)CCCCCCCCCCCCCCC(C)C. The zero-order chi connectivity index (χ0) is 74.1. The molecular formula is C82H160O17P2. The number of carbonyl (C=O) groups is 4. The van der Waals surface area contributed by atoms with Crippen molar-refractivity contribution >= 4 is 39.5 Å². The summed E-state index contributed by atoms with van der Waals surface area (Å²) in [5, 5.41) is 10.6. The number of aliphatic hydroxyl groups excluding tert-OH is 1. The summed E-state index contributed by atoms with van der Waals surface area (Å²) in [6.45, 7) is 7.33. The predicted molar refractivity (Wildman–Crippen MR) is 414 cm³/mol. The van der Waals surface area contributed by atoms with Crippen LogP contribution < -0.4 is 0 Å². The van der Waals surface area contributed by atoms with E-state index in [4.69, 9.17) is 37.0 Å². The number of phosphoric acid groups is 2. The molecule has 101 heavy (non-hydrogen) atoms. The van der Waals surface area contributed by atoms with Gasteiger partial charge in [-0.3, -0.25) is 37.3 Å². The lowest BCUT2D eigenvalue weighted by Crippen LogP contribution is -2.30. The number of hydrogen-bond donors (Lipinski definition) is 3. The highest BCUT2D eigenvalue weighted by molar-refractivity contribution is 7.47. The molecular weight excluding hydrogens is 1320 g/mol. The Hall–Kier alpha value is -1.94. The lowest BCUT2D eigenvalue weighted by atomic mass is 10.0. The van der Waals surface area contributed by atoms with Gasteiger partial charge in [0, 0.05) is 25.7 Å². The zero-order valence-electron chi connectivity index (χ0n) is 66.1. The fourth-order valence-corrected chi connectivity index (χ4v) is 14.3. The summed E-state index contributed by atoms with van der Waals surface area (Å²) >= 11 is 0. The summed E-state index contributed by atoms with van der Waals surface area (Å²) < 4.78 is 68.7. The Labute approximate surface area is 619 Å². The second-order valence-corrected chi connectivity index (χ2v) is 32.9. The van der Waals surface area contributed by atoms with Gasteiger partial charge in [-0.1, -0.05) is 388 Å². The summed E-state index contributed by atoms with van der Waals surface area (Å²) in [5.74, 6) is -1.33. The van der Waals surface area contributed by atoms with Crippen molar-refractivity contribution in [3.8, 4) is 0 Å². The van der Waals surface area contributed by atoms with Crippen LogP contribution in [0.3, 0.4) is 0 Å². The molecule has 0 radical (unpaired) electrons. The molecule has 0 heterocycles. The fourth-order valence-electron chi connectivity index (χ4n) is 12.8. The molecule has 0 amide bonds.